The first-order chi connectivity index (χ1) is 10.2. The summed E-state index contributed by atoms with van der Waals surface area (Å²) in [6.07, 6.45) is 2.62. The molecule has 1 aromatic heterocycles. The van der Waals surface area contributed by atoms with Gasteiger partial charge in [-0.05, 0) is 65.8 Å². The maximum atomic E-state index is 6.18. The number of benzene rings is 1. The fourth-order valence-corrected chi connectivity index (χ4v) is 3.73. The summed E-state index contributed by atoms with van der Waals surface area (Å²) in [6.45, 7) is 6.12. The number of hydrogen-bond donors (Lipinski definition) is 1. The van der Waals surface area contributed by atoms with Crippen LogP contribution in [-0.2, 0) is 6.54 Å². The molecule has 1 unspecified atom stereocenters. The van der Waals surface area contributed by atoms with Gasteiger partial charge in [-0.2, -0.15) is 11.3 Å². The van der Waals surface area contributed by atoms with Gasteiger partial charge in [-0.15, -0.1) is 0 Å². The normalized spacial score (nSPS) is 16.4. The van der Waals surface area contributed by atoms with E-state index in [9.17, 15) is 0 Å². The molecule has 3 heteroatoms. The number of rotatable bonds is 6. The maximum Gasteiger partial charge on any atom is 0.0479 e. The van der Waals surface area contributed by atoms with Crippen molar-refractivity contribution in [1.82, 2.24) is 4.90 Å². The molecule has 112 valence electrons. The highest BCUT2D eigenvalue weighted by molar-refractivity contribution is 7.07. The van der Waals surface area contributed by atoms with Gasteiger partial charge in [-0.1, -0.05) is 18.2 Å². The fourth-order valence-electron chi connectivity index (χ4n) is 3.07. The molecular formula is C18H24N2S. The average Bonchev–Trinajstić information content (AvgIpc) is 3.20. The van der Waals surface area contributed by atoms with Gasteiger partial charge >= 0.3 is 0 Å². The zero-order valence-electron chi connectivity index (χ0n) is 12.9. The highest BCUT2D eigenvalue weighted by atomic mass is 32.1. The van der Waals surface area contributed by atoms with E-state index in [1.54, 1.807) is 11.3 Å². The number of thiophene rings is 1. The summed E-state index contributed by atoms with van der Waals surface area (Å²) < 4.78 is 0. The molecule has 1 aromatic carbocycles. The van der Waals surface area contributed by atoms with Crippen LogP contribution in [0.3, 0.4) is 0 Å². The van der Waals surface area contributed by atoms with E-state index in [-0.39, 0.29) is 0 Å². The van der Waals surface area contributed by atoms with Crippen LogP contribution in [0.2, 0.25) is 0 Å². The Balaban J connectivity index is 1.90. The van der Waals surface area contributed by atoms with Gasteiger partial charge in [0.1, 0.15) is 0 Å². The lowest BCUT2D eigenvalue weighted by molar-refractivity contribution is 0.181. The number of nitrogens with two attached hydrogens (primary N) is 1. The van der Waals surface area contributed by atoms with Crippen molar-refractivity contribution in [3.63, 3.8) is 0 Å². The molecular weight excluding hydrogens is 276 g/mol. The van der Waals surface area contributed by atoms with E-state index in [0.29, 0.717) is 18.6 Å². The van der Waals surface area contributed by atoms with E-state index in [1.165, 1.54) is 35.1 Å². The van der Waals surface area contributed by atoms with Crippen LogP contribution in [0.1, 0.15) is 41.1 Å². The Kier molecular flexibility index (Phi) is 4.43. The second kappa shape index (κ2) is 6.30. The van der Waals surface area contributed by atoms with Gasteiger partial charge in [0.15, 0.2) is 0 Å². The maximum absolute atomic E-state index is 6.18. The Hall–Kier alpha value is -1.16. The van der Waals surface area contributed by atoms with Crippen LogP contribution in [0.15, 0.2) is 35.0 Å². The fraction of sp³-hybridized carbons (Fsp3) is 0.444. The highest BCUT2D eigenvalue weighted by Crippen LogP contribution is 2.37. The topological polar surface area (TPSA) is 29.3 Å². The molecule has 1 saturated carbocycles. The predicted molar refractivity (Wildman–Crippen MR) is 90.6 cm³/mol. The molecule has 2 aromatic rings. The molecule has 1 aliphatic rings. The van der Waals surface area contributed by atoms with Crippen molar-refractivity contribution in [3.8, 4) is 0 Å². The average molecular weight is 300 g/mol. The van der Waals surface area contributed by atoms with Crippen LogP contribution in [0.4, 0.5) is 0 Å². The standard InChI is InChI=1S/C18H24N2S/c1-13-4-3-5-17(14(13)2)18(10-19)20(16-6-7-16)11-15-8-9-21-12-15/h3-5,8-9,12,16,18H,6-7,10-11,19H2,1-2H3. The first-order valence-electron chi connectivity index (χ1n) is 7.73. The smallest absolute Gasteiger partial charge is 0.0479 e. The SMILES string of the molecule is Cc1cccc(C(CN)N(Cc2ccsc2)C2CC2)c1C. The molecule has 0 aliphatic heterocycles. The molecule has 0 saturated heterocycles. The molecule has 1 aliphatic carbocycles. The van der Waals surface area contributed by atoms with E-state index in [1.807, 2.05) is 0 Å². The molecule has 2 N–H and O–H groups in total. The summed E-state index contributed by atoms with van der Waals surface area (Å²) in [5, 5.41) is 4.42. The molecule has 3 rings (SSSR count). The van der Waals surface area contributed by atoms with Gasteiger partial charge in [0, 0.05) is 25.2 Å². The van der Waals surface area contributed by atoms with Crippen molar-refractivity contribution >= 4 is 11.3 Å². The summed E-state index contributed by atoms with van der Waals surface area (Å²) in [7, 11) is 0. The third-order valence-electron chi connectivity index (χ3n) is 4.59. The lowest BCUT2D eigenvalue weighted by atomic mass is 9.96. The Morgan fingerprint density at radius 3 is 2.71 bits per heavy atom. The van der Waals surface area contributed by atoms with E-state index >= 15 is 0 Å². The third kappa shape index (κ3) is 3.20. The second-order valence-electron chi connectivity index (χ2n) is 6.08. The first kappa shape index (κ1) is 14.8. The minimum atomic E-state index is 0.331. The van der Waals surface area contributed by atoms with Gasteiger partial charge in [-0.3, -0.25) is 4.90 Å². The molecule has 2 nitrogen and oxygen atoms in total. The molecule has 1 atom stereocenters. The van der Waals surface area contributed by atoms with Crippen molar-refractivity contribution in [3.05, 3.63) is 57.3 Å². The van der Waals surface area contributed by atoms with Gasteiger partial charge in [0.05, 0.1) is 0 Å². The van der Waals surface area contributed by atoms with Crippen molar-refractivity contribution in [1.29, 1.82) is 0 Å². The van der Waals surface area contributed by atoms with E-state index in [0.717, 1.165) is 6.54 Å². The summed E-state index contributed by atoms with van der Waals surface area (Å²) in [5.74, 6) is 0. The minimum absolute atomic E-state index is 0.331. The molecule has 0 spiro atoms. The highest BCUT2D eigenvalue weighted by Gasteiger charge is 2.34. The second-order valence-corrected chi connectivity index (χ2v) is 6.86. The van der Waals surface area contributed by atoms with E-state index < -0.39 is 0 Å². The van der Waals surface area contributed by atoms with Gasteiger partial charge < -0.3 is 5.73 Å². The molecule has 0 bridgehead atoms. The lowest BCUT2D eigenvalue weighted by Crippen LogP contribution is -2.35. The van der Waals surface area contributed by atoms with Gasteiger partial charge in [-0.25, -0.2) is 0 Å². The first-order valence-corrected chi connectivity index (χ1v) is 8.68. The molecule has 1 fully saturated rings. The van der Waals surface area contributed by atoms with Crippen LogP contribution in [-0.4, -0.2) is 17.5 Å². The number of hydrogen-bond acceptors (Lipinski definition) is 3. The predicted octanol–water partition coefficient (Wildman–Crippen LogP) is 4.03. The van der Waals surface area contributed by atoms with E-state index in [2.05, 4.69) is 53.8 Å². The Morgan fingerprint density at radius 2 is 2.10 bits per heavy atom. The van der Waals surface area contributed by atoms with Crippen molar-refractivity contribution < 1.29 is 0 Å². The third-order valence-corrected chi connectivity index (χ3v) is 5.32. The van der Waals surface area contributed by atoms with Crippen molar-refractivity contribution in [2.45, 2.75) is 45.3 Å². The van der Waals surface area contributed by atoms with Crippen molar-refractivity contribution in [2.24, 2.45) is 5.73 Å². The van der Waals surface area contributed by atoms with Crippen LogP contribution in [0.5, 0.6) is 0 Å². The summed E-state index contributed by atoms with van der Waals surface area (Å²) in [6, 6.07) is 9.87. The van der Waals surface area contributed by atoms with Crippen molar-refractivity contribution in [2.75, 3.05) is 6.54 Å². The molecule has 0 radical (unpaired) electrons. The Bertz CT molecular complexity index is 587. The zero-order chi connectivity index (χ0) is 14.8. The van der Waals surface area contributed by atoms with Gasteiger partial charge in [0.2, 0.25) is 0 Å². The van der Waals surface area contributed by atoms with Crippen LogP contribution in [0.25, 0.3) is 0 Å². The largest absolute Gasteiger partial charge is 0.329 e. The molecule has 1 heterocycles. The minimum Gasteiger partial charge on any atom is -0.329 e. The summed E-state index contributed by atoms with van der Waals surface area (Å²) in [5.41, 5.74) is 11.7. The van der Waals surface area contributed by atoms with Crippen LogP contribution < -0.4 is 5.73 Å². The monoisotopic (exact) mass is 300 g/mol. The number of nitrogens with zero attached hydrogens (tertiary/aromatic N) is 1. The Morgan fingerprint density at radius 1 is 1.29 bits per heavy atom. The van der Waals surface area contributed by atoms with E-state index in [4.69, 9.17) is 5.73 Å². The quantitative estimate of drug-likeness (QED) is 0.872. The number of aryl methyl sites for hydroxylation is 1. The van der Waals surface area contributed by atoms with Crippen LogP contribution >= 0.6 is 11.3 Å². The molecule has 21 heavy (non-hydrogen) atoms. The lowest BCUT2D eigenvalue weighted by Gasteiger charge is -2.32. The Labute approximate surface area is 131 Å². The summed E-state index contributed by atoms with van der Waals surface area (Å²) >= 11 is 1.78. The van der Waals surface area contributed by atoms with Gasteiger partial charge in [0.25, 0.3) is 0 Å². The summed E-state index contributed by atoms with van der Waals surface area (Å²) in [4.78, 5) is 2.61. The van der Waals surface area contributed by atoms with Crippen LogP contribution in [0, 0.1) is 13.8 Å². The zero-order valence-corrected chi connectivity index (χ0v) is 13.7. The molecule has 0 amide bonds.